The Labute approximate surface area is 518 Å². The Morgan fingerprint density at radius 3 is 0.687 bits per heavy atom. The van der Waals surface area contributed by atoms with Crippen LogP contribution in [0.4, 0.5) is 0 Å². The highest BCUT2D eigenvalue weighted by atomic mass is 16.6. The van der Waals surface area contributed by atoms with E-state index < -0.39 is 6.10 Å². The molecule has 0 spiro atoms. The van der Waals surface area contributed by atoms with Crippen LogP contribution in [0.1, 0.15) is 419 Å². The summed E-state index contributed by atoms with van der Waals surface area (Å²) in [6.07, 6.45) is 90.6. The predicted molar refractivity (Wildman–Crippen MR) is 362 cm³/mol. The summed E-state index contributed by atoms with van der Waals surface area (Å²) in [6, 6.07) is 0. The number of hydrogen-bond donors (Lipinski definition) is 0. The van der Waals surface area contributed by atoms with E-state index in [1.165, 1.54) is 308 Å². The molecule has 0 aromatic rings. The van der Waals surface area contributed by atoms with Crippen molar-refractivity contribution in [3.63, 3.8) is 0 Å². The molecule has 1 unspecified atom stereocenters. The first kappa shape index (κ1) is 80.6. The summed E-state index contributed by atoms with van der Waals surface area (Å²) in [4.78, 5) is 38.4. The molecule has 0 radical (unpaired) electrons. The third-order valence-electron chi connectivity index (χ3n) is 17.1. The first-order valence-corrected chi connectivity index (χ1v) is 37.5. The second kappa shape index (κ2) is 72.1. The molecule has 0 aliphatic rings. The Hall–Kier alpha value is -2.37. The number of hydrogen-bond acceptors (Lipinski definition) is 6. The number of esters is 3. The number of carbonyl (C=O) groups is 3. The van der Waals surface area contributed by atoms with Crippen LogP contribution in [0.3, 0.4) is 0 Å². The van der Waals surface area contributed by atoms with E-state index in [1.54, 1.807) is 0 Å². The smallest absolute Gasteiger partial charge is 0.306 e. The van der Waals surface area contributed by atoms with Crippen molar-refractivity contribution in [2.45, 2.75) is 425 Å². The van der Waals surface area contributed by atoms with Gasteiger partial charge in [0.1, 0.15) is 13.2 Å². The Kier molecular flexibility index (Phi) is 70.0. The lowest BCUT2D eigenvalue weighted by Gasteiger charge is -2.18. The third kappa shape index (κ3) is 70.3. The largest absolute Gasteiger partial charge is 0.462 e. The van der Waals surface area contributed by atoms with E-state index in [2.05, 4.69) is 57.2 Å². The summed E-state index contributed by atoms with van der Waals surface area (Å²) in [6.45, 7) is 6.68. The van der Waals surface area contributed by atoms with Crippen LogP contribution >= 0.6 is 0 Å². The molecule has 83 heavy (non-hydrogen) atoms. The Balaban J connectivity index is 4.07. The second-order valence-corrected chi connectivity index (χ2v) is 25.6. The average molecular weight is 1170 g/mol. The van der Waals surface area contributed by atoms with E-state index in [9.17, 15) is 14.4 Å². The van der Waals surface area contributed by atoms with Crippen LogP contribution < -0.4 is 0 Å². The molecule has 488 valence electrons. The summed E-state index contributed by atoms with van der Waals surface area (Å²) in [5, 5.41) is 0. The maximum atomic E-state index is 12.9. The van der Waals surface area contributed by atoms with Gasteiger partial charge in [-0.05, 0) is 77.0 Å². The fourth-order valence-electron chi connectivity index (χ4n) is 11.5. The van der Waals surface area contributed by atoms with E-state index >= 15 is 0 Å². The van der Waals surface area contributed by atoms with Gasteiger partial charge in [-0.1, -0.05) is 359 Å². The van der Waals surface area contributed by atoms with Crippen LogP contribution in [-0.2, 0) is 28.6 Å². The number of unbranched alkanes of at least 4 members (excludes halogenated alkanes) is 53. The normalized spacial score (nSPS) is 12.2. The molecular formula is C77H144O6. The van der Waals surface area contributed by atoms with Crippen LogP contribution in [-0.4, -0.2) is 37.2 Å². The minimum Gasteiger partial charge on any atom is -0.462 e. The van der Waals surface area contributed by atoms with Gasteiger partial charge >= 0.3 is 17.9 Å². The van der Waals surface area contributed by atoms with Crippen molar-refractivity contribution in [2.75, 3.05) is 13.2 Å². The van der Waals surface area contributed by atoms with Gasteiger partial charge in [-0.2, -0.15) is 0 Å². The van der Waals surface area contributed by atoms with Crippen molar-refractivity contribution in [1.82, 2.24) is 0 Å². The van der Waals surface area contributed by atoms with Gasteiger partial charge in [0.05, 0.1) is 0 Å². The summed E-state index contributed by atoms with van der Waals surface area (Å²) < 4.78 is 17.0. The van der Waals surface area contributed by atoms with Crippen molar-refractivity contribution < 1.29 is 28.6 Å². The molecule has 6 heteroatoms. The fourth-order valence-corrected chi connectivity index (χ4v) is 11.5. The van der Waals surface area contributed by atoms with Crippen molar-refractivity contribution in [2.24, 2.45) is 0 Å². The summed E-state index contributed by atoms with van der Waals surface area (Å²) in [5.74, 6) is -0.845. The molecule has 0 aromatic heterocycles. The van der Waals surface area contributed by atoms with Gasteiger partial charge in [0.2, 0.25) is 0 Å². The lowest BCUT2D eigenvalue weighted by atomic mass is 10.0. The highest BCUT2D eigenvalue weighted by Gasteiger charge is 2.20. The zero-order chi connectivity index (χ0) is 59.9. The van der Waals surface area contributed by atoms with Crippen molar-refractivity contribution in [1.29, 1.82) is 0 Å². The van der Waals surface area contributed by atoms with E-state index in [-0.39, 0.29) is 31.1 Å². The van der Waals surface area contributed by atoms with Gasteiger partial charge in [0.15, 0.2) is 6.10 Å². The minimum absolute atomic E-state index is 0.0678. The lowest BCUT2D eigenvalue weighted by molar-refractivity contribution is -0.167. The monoisotopic (exact) mass is 1170 g/mol. The zero-order valence-corrected chi connectivity index (χ0v) is 56.2. The molecule has 0 aromatic carbocycles. The van der Waals surface area contributed by atoms with Crippen LogP contribution in [0.2, 0.25) is 0 Å². The zero-order valence-electron chi connectivity index (χ0n) is 56.2. The average Bonchev–Trinajstić information content (AvgIpc) is 3.49. The predicted octanol–water partition coefficient (Wildman–Crippen LogP) is 25.9. The molecule has 0 rings (SSSR count). The van der Waals surface area contributed by atoms with Crippen molar-refractivity contribution in [3.8, 4) is 0 Å². The Morgan fingerprint density at radius 2 is 0.434 bits per heavy atom. The molecule has 0 aliphatic heterocycles. The van der Waals surface area contributed by atoms with Gasteiger partial charge in [-0.15, -0.1) is 0 Å². The highest BCUT2D eigenvalue weighted by molar-refractivity contribution is 5.71. The maximum absolute atomic E-state index is 12.9. The fraction of sp³-hybridized carbons (Fsp3) is 0.883. The SMILES string of the molecule is CCCCCC/C=C\CCCCCCCC(=O)OCC(COC(=O)CCCCCCCCCCCCCCCCCCCCCCCCC/C=C\C/C=C\CCCCCCC)OC(=O)CCCCCCCCCCCCCCCCCCC. The van der Waals surface area contributed by atoms with E-state index in [1.807, 2.05) is 0 Å². The first-order chi connectivity index (χ1) is 41.0. The van der Waals surface area contributed by atoms with Gasteiger partial charge in [-0.3, -0.25) is 14.4 Å². The van der Waals surface area contributed by atoms with Crippen LogP contribution in [0.25, 0.3) is 0 Å². The molecule has 0 saturated carbocycles. The summed E-state index contributed by atoms with van der Waals surface area (Å²) >= 11 is 0. The van der Waals surface area contributed by atoms with Gasteiger partial charge < -0.3 is 14.2 Å². The lowest BCUT2D eigenvalue weighted by Crippen LogP contribution is -2.30. The summed E-state index contributed by atoms with van der Waals surface area (Å²) in [7, 11) is 0. The second-order valence-electron chi connectivity index (χ2n) is 25.6. The minimum atomic E-state index is -0.772. The third-order valence-corrected chi connectivity index (χ3v) is 17.1. The van der Waals surface area contributed by atoms with Crippen LogP contribution in [0, 0.1) is 0 Å². The number of allylic oxidation sites excluding steroid dienone is 6. The Morgan fingerprint density at radius 1 is 0.241 bits per heavy atom. The number of ether oxygens (including phenoxy) is 3. The Bertz CT molecular complexity index is 1380. The molecular weight excluding hydrogens is 1020 g/mol. The molecule has 0 aliphatic carbocycles. The van der Waals surface area contributed by atoms with Gasteiger partial charge in [0.25, 0.3) is 0 Å². The van der Waals surface area contributed by atoms with Crippen molar-refractivity contribution in [3.05, 3.63) is 36.5 Å². The molecule has 0 N–H and O–H groups in total. The molecule has 1 atom stereocenters. The number of rotatable bonds is 70. The first-order valence-electron chi connectivity index (χ1n) is 37.5. The highest BCUT2D eigenvalue weighted by Crippen LogP contribution is 2.19. The van der Waals surface area contributed by atoms with Gasteiger partial charge in [0, 0.05) is 19.3 Å². The molecule has 0 heterocycles. The standard InChI is InChI=1S/C77H144O6/c1-4-7-10-13-16-19-22-25-27-29-30-31-32-33-34-35-36-37-38-39-40-41-42-43-44-45-46-48-49-52-55-58-61-64-67-70-76(79)82-73-74(72-81-75(78)69-66-63-60-57-54-51-24-21-18-15-12-9-6-3)83-77(80)71-68-65-62-59-56-53-50-47-28-26-23-20-17-14-11-8-5-2/h21-22,24-25,29-30,74H,4-20,23,26-28,31-73H2,1-3H3/b24-21-,25-22-,30-29-. The van der Waals surface area contributed by atoms with Crippen molar-refractivity contribution >= 4 is 17.9 Å². The quantitative estimate of drug-likeness (QED) is 0.0261. The van der Waals surface area contributed by atoms with Gasteiger partial charge in [-0.25, -0.2) is 0 Å². The van der Waals surface area contributed by atoms with E-state index in [4.69, 9.17) is 14.2 Å². The molecule has 0 fully saturated rings. The topological polar surface area (TPSA) is 78.9 Å². The van der Waals surface area contributed by atoms with Crippen LogP contribution in [0.15, 0.2) is 36.5 Å². The van der Waals surface area contributed by atoms with Crippen LogP contribution in [0.5, 0.6) is 0 Å². The molecule has 0 bridgehead atoms. The summed E-state index contributed by atoms with van der Waals surface area (Å²) in [5.41, 5.74) is 0. The van der Waals surface area contributed by atoms with E-state index in [0.29, 0.717) is 19.3 Å². The molecule has 6 nitrogen and oxygen atoms in total. The maximum Gasteiger partial charge on any atom is 0.306 e. The van der Waals surface area contributed by atoms with E-state index in [0.717, 1.165) is 70.6 Å². The number of carbonyl (C=O) groups excluding carboxylic acids is 3. The molecule has 0 saturated heterocycles. The molecule has 0 amide bonds.